The average Bonchev–Trinajstić information content (AvgIpc) is 2.97. The van der Waals surface area contributed by atoms with Crippen LogP contribution in [0.3, 0.4) is 0 Å². The highest BCUT2D eigenvalue weighted by Crippen LogP contribution is 2.31. The molecule has 31 heavy (non-hydrogen) atoms. The molecule has 13 heteroatoms. The molecule has 0 unspecified atom stereocenters. The zero-order valence-corrected chi connectivity index (χ0v) is 16.9. The number of aromatic nitrogens is 3. The number of aliphatic hydroxyl groups is 1. The molecule has 0 spiro atoms. The molecule has 0 saturated carbocycles. The van der Waals surface area contributed by atoms with Gasteiger partial charge in [-0.1, -0.05) is 0 Å². The van der Waals surface area contributed by atoms with Gasteiger partial charge in [0.1, 0.15) is 23.1 Å². The fourth-order valence-corrected chi connectivity index (χ4v) is 4.40. The molecular formula is C18H17F4N5O3S. The Balaban J connectivity index is 1.68. The van der Waals surface area contributed by atoms with Crippen LogP contribution in [-0.4, -0.2) is 63.9 Å². The van der Waals surface area contributed by atoms with Gasteiger partial charge in [-0.3, -0.25) is 0 Å². The number of rotatable bonds is 4. The summed E-state index contributed by atoms with van der Waals surface area (Å²) in [5.41, 5.74) is -1.25. The number of fused-ring (bicyclic) bond motifs is 1. The number of hydrogen-bond donors (Lipinski definition) is 2. The first-order valence-electron chi connectivity index (χ1n) is 9.13. The Morgan fingerprint density at radius 3 is 2.42 bits per heavy atom. The van der Waals surface area contributed by atoms with E-state index in [1.807, 2.05) is 0 Å². The van der Waals surface area contributed by atoms with Gasteiger partial charge in [-0.25, -0.2) is 35.5 Å². The lowest BCUT2D eigenvalue weighted by molar-refractivity contribution is 0.0950. The molecule has 2 N–H and O–H groups in total. The Labute approximate surface area is 174 Å². The quantitative estimate of drug-likeness (QED) is 0.577. The SMILES string of the molecule is CS(=O)(=O)N1CC[C@@H](Nc2ncc3cc(F)c(-c4c(F)cc(F)cc4F)n3n2)[C@H](O)C1. The molecule has 1 aliphatic rings. The van der Waals surface area contributed by atoms with Crippen LogP contribution in [0.2, 0.25) is 0 Å². The van der Waals surface area contributed by atoms with E-state index in [0.29, 0.717) is 12.1 Å². The summed E-state index contributed by atoms with van der Waals surface area (Å²) in [6.07, 6.45) is 1.42. The summed E-state index contributed by atoms with van der Waals surface area (Å²) in [7, 11) is -3.46. The average molecular weight is 459 g/mol. The fourth-order valence-electron chi connectivity index (χ4n) is 3.54. The molecule has 1 saturated heterocycles. The lowest BCUT2D eigenvalue weighted by Gasteiger charge is -2.34. The molecule has 4 rings (SSSR count). The molecule has 1 aromatic carbocycles. The number of nitrogens with one attached hydrogen (secondary N) is 1. The van der Waals surface area contributed by atoms with E-state index in [1.54, 1.807) is 0 Å². The minimum absolute atomic E-state index is 0.0795. The van der Waals surface area contributed by atoms with Crippen molar-refractivity contribution in [2.45, 2.75) is 18.6 Å². The summed E-state index contributed by atoms with van der Waals surface area (Å²) in [5, 5.41) is 17.2. The molecule has 2 atom stereocenters. The molecule has 8 nitrogen and oxygen atoms in total. The maximum Gasteiger partial charge on any atom is 0.241 e. The maximum atomic E-state index is 14.5. The van der Waals surface area contributed by atoms with Crippen molar-refractivity contribution in [2.75, 3.05) is 24.7 Å². The Hall–Kier alpha value is -2.77. The van der Waals surface area contributed by atoms with Crippen LogP contribution >= 0.6 is 0 Å². The highest BCUT2D eigenvalue weighted by atomic mass is 32.2. The summed E-state index contributed by atoms with van der Waals surface area (Å²) in [6.45, 7) is 0.0271. The molecule has 166 valence electrons. The minimum atomic E-state index is -3.46. The maximum absolute atomic E-state index is 14.5. The van der Waals surface area contributed by atoms with Crippen molar-refractivity contribution in [1.29, 1.82) is 0 Å². The van der Waals surface area contributed by atoms with Crippen LogP contribution in [0, 0.1) is 23.3 Å². The van der Waals surface area contributed by atoms with Crippen molar-refractivity contribution in [3.05, 3.63) is 47.7 Å². The number of hydrogen-bond acceptors (Lipinski definition) is 6. The Bertz CT molecular complexity index is 1240. The Morgan fingerprint density at radius 1 is 1.13 bits per heavy atom. The lowest BCUT2D eigenvalue weighted by Crippen LogP contribution is -2.51. The van der Waals surface area contributed by atoms with Gasteiger partial charge >= 0.3 is 0 Å². The number of sulfonamides is 1. The molecule has 0 amide bonds. The van der Waals surface area contributed by atoms with Gasteiger partial charge < -0.3 is 10.4 Å². The third kappa shape index (κ3) is 4.07. The third-order valence-electron chi connectivity index (χ3n) is 5.04. The predicted octanol–water partition coefficient (Wildman–Crippen LogP) is 1.76. The first-order valence-corrected chi connectivity index (χ1v) is 11.0. The molecule has 0 radical (unpaired) electrons. The summed E-state index contributed by atoms with van der Waals surface area (Å²) in [6, 6.07) is 1.23. The van der Waals surface area contributed by atoms with E-state index in [2.05, 4.69) is 15.4 Å². The zero-order valence-electron chi connectivity index (χ0n) is 16.1. The second-order valence-corrected chi connectivity index (χ2v) is 9.21. The van der Waals surface area contributed by atoms with Gasteiger partial charge in [0, 0.05) is 31.3 Å². The van der Waals surface area contributed by atoms with Crippen molar-refractivity contribution in [3.8, 4) is 11.3 Å². The van der Waals surface area contributed by atoms with E-state index in [9.17, 15) is 31.1 Å². The van der Waals surface area contributed by atoms with Gasteiger partial charge in [-0.2, -0.15) is 4.31 Å². The second-order valence-electron chi connectivity index (χ2n) is 7.23. The number of aliphatic hydroxyl groups excluding tert-OH is 1. The van der Waals surface area contributed by atoms with Gasteiger partial charge in [-0.15, -0.1) is 5.10 Å². The van der Waals surface area contributed by atoms with E-state index in [1.165, 1.54) is 6.20 Å². The molecule has 0 aliphatic carbocycles. The molecule has 1 fully saturated rings. The Kier molecular flexibility index (Phi) is 5.35. The van der Waals surface area contributed by atoms with Gasteiger partial charge in [0.25, 0.3) is 0 Å². The number of piperidine rings is 1. The summed E-state index contributed by atoms with van der Waals surface area (Å²) in [4.78, 5) is 4.01. The topological polar surface area (TPSA) is 99.8 Å². The van der Waals surface area contributed by atoms with Crippen LogP contribution in [0.5, 0.6) is 0 Å². The third-order valence-corrected chi connectivity index (χ3v) is 6.31. The lowest BCUT2D eigenvalue weighted by atomic mass is 10.0. The van der Waals surface area contributed by atoms with Crippen LogP contribution in [0.25, 0.3) is 16.8 Å². The van der Waals surface area contributed by atoms with Crippen LogP contribution in [0.4, 0.5) is 23.5 Å². The van der Waals surface area contributed by atoms with Gasteiger partial charge in [-0.05, 0) is 6.42 Å². The molecular weight excluding hydrogens is 442 g/mol. The predicted molar refractivity (Wildman–Crippen MR) is 103 cm³/mol. The standard InChI is InChI=1S/C18H17F4N5O3S/c1-31(29,30)26-3-2-14(15(28)8-26)24-18-23-7-10-6-13(22)17(27(10)25-18)16-11(20)4-9(19)5-12(16)21/h4-7,14-15,28H,2-3,8H2,1H3,(H,24,25)/t14-,15-/m1/s1. The summed E-state index contributed by atoms with van der Waals surface area (Å²) < 4.78 is 81.6. The van der Waals surface area contributed by atoms with Crippen molar-refractivity contribution in [2.24, 2.45) is 0 Å². The summed E-state index contributed by atoms with van der Waals surface area (Å²) in [5.74, 6) is -4.81. The van der Waals surface area contributed by atoms with Gasteiger partial charge in [0.2, 0.25) is 16.0 Å². The van der Waals surface area contributed by atoms with E-state index >= 15 is 0 Å². The first-order chi connectivity index (χ1) is 14.5. The van der Waals surface area contributed by atoms with Crippen molar-refractivity contribution in [1.82, 2.24) is 18.9 Å². The van der Waals surface area contributed by atoms with Crippen LogP contribution in [0.15, 0.2) is 24.4 Å². The van der Waals surface area contributed by atoms with Gasteiger partial charge in [0.05, 0.1) is 35.7 Å². The van der Waals surface area contributed by atoms with Crippen LogP contribution in [-0.2, 0) is 10.0 Å². The fraction of sp³-hybridized carbons (Fsp3) is 0.333. The van der Waals surface area contributed by atoms with E-state index < -0.39 is 56.7 Å². The highest BCUT2D eigenvalue weighted by Gasteiger charge is 2.32. The van der Waals surface area contributed by atoms with Crippen LogP contribution in [0.1, 0.15) is 6.42 Å². The van der Waals surface area contributed by atoms with E-state index in [4.69, 9.17) is 0 Å². The smallest absolute Gasteiger partial charge is 0.241 e. The monoisotopic (exact) mass is 459 g/mol. The normalized spacial score (nSPS) is 20.3. The molecule has 3 aromatic rings. The van der Waals surface area contributed by atoms with Crippen molar-refractivity contribution >= 4 is 21.5 Å². The highest BCUT2D eigenvalue weighted by molar-refractivity contribution is 7.88. The van der Waals surface area contributed by atoms with Crippen molar-refractivity contribution < 1.29 is 31.1 Å². The molecule has 0 bridgehead atoms. The number of β-amino-alcohol motifs (C(OH)–C–C–N with tert-alkyl or cyclic N) is 1. The molecule has 2 aromatic heterocycles. The van der Waals surface area contributed by atoms with Gasteiger partial charge in [0.15, 0.2) is 5.82 Å². The summed E-state index contributed by atoms with van der Waals surface area (Å²) >= 11 is 0. The molecule has 3 heterocycles. The van der Waals surface area contributed by atoms with E-state index in [-0.39, 0.29) is 31.0 Å². The largest absolute Gasteiger partial charge is 0.390 e. The number of nitrogens with zero attached hydrogens (tertiary/aromatic N) is 4. The zero-order chi connectivity index (χ0) is 22.5. The van der Waals surface area contributed by atoms with Crippen molar-refractivity contribution in [3.63, 3.8) is 0 Å². The number of benzene rings is 1. The number of halogens is 4. The Morgan fingerprint density at radius 2 is 1.81 bits per heavy atom. The second kappa shape index (κ2) is 7.73. The minimum Gasteiger partial charge on any atom is -0.390 e. The molecule has 1 aliphatic heterocycles. The first kappa shape index (κ1) is 21.5. The van der Waals surface area contributed by atoms with Crippen LogP contribution < -0.4 is 5.32 Å². The number of anilines is 1. The van der Waals surface area contributed by atoms with E-state index in [0.717, 1.165) is 21.1 Å².